The molecule has 0 aliphatic carbocycles. The second kappa shape index (κ2) is 11.6. The molecular formula is C25H27N5O4S. The Hall–Kier alpha value is -3.79. The molecule has 35 heavy (non-hydrogen) atoms. The predicted molar refractivity (Wildman–Crippen MR) is 137 cm³/mol. The molecule has 1 fully saturated rings. The third-order valence-electron chi connectivity index (χ3n) is 5.60. The van der Waals surface area contributed by atoms with Crippen LogP contribution in [-0.4, -0.2) is 68.0 Å². The number of nitrogens with one attached hydrogen (secondary N) is 1. The first-order valence-electron chi connectivity index (χ1n) is 11.1. The Bertz CT molecular complexity index is 1170. The molecule has 2 aromatic carbocycles. The summed E-state index contributed by atoms with van der Waals surface area (Å²) in [4.78, 5) is 37.2. The molecule has 2 heterocycles. The van der Waals surface area contributed by atoms with E-state index in [2.05, 4.69) is 35.9 Å². The number of esters is 1. The fraction of sp³-hybridized carbons (Fsp3) is 0.280. The van der Waals surface area contributed by atoms with Crippen LogP contribution in [0.25, 0.3) is 0 Å². The number of thioether (sulfide) groups is 1. The minimum Gasteiger partial charge on any atom is -0.495 e. The third-order valence-corrected chi connectivity index (χ3v) is 6.52. The molecule has 1 saturated heterocycles. The Kier molecular flexibility index (Phi) is 8.04. The maximum Gasteiger partial charge on any atom is 0.337 e. The number of hydrogen-bond donors (Lipinski definition) is 1. The number of aromatic nitrogens is 2. The van der Waals surface area contributed by atoms with Crippen molar-refractivity contribution in [2.45, 2.75) is 5.03 Å². The molecule has 0 spiro atoms. The van der Waals surface area contributed by atoms with Gasteiger partial charge in [-0.05, 0) is 36.4 Å². The fourth-order valence-corrected chi connectivity index (χ4v) is 4.45. The van der Waals surface area contributed by atoms with Gasteiger partial charge in [0.2, 0.25) is 5.91 Å². The Morgan fingerprint density at radius 2 is 1.69 bits per heavy atom. The zero-order valence-electron chi connectivity index (χ0n) is 19.6. The molecule has 10 heteroatoms. The highest BCUT2D eigenvalue weighted by atomic mass is 32.2. The van der Waals surface area contributed by atoms with E-state index in [0.717, 1.165) is 48.5 Å². The largest absolute Gasteiger partial charge is 0.495 e. The summed E-state index contributed by atoms with van der Waals surface area (Å²) in [5.41, 5.74) is 2.14. The first kappa shape index (κ1) is 24.3. The first-order chi connectivity index (χ1) is 17.1. The van der Waals surface area contributed by atoms with Gasteiger partial charge in [0.25, 0.3) is 0 Å². The van der Waals surface area contributed by atoms with Crippen LogP contribution in [-0.2, 0) is 9.53 Å². The number of hydrogen-bond acceptors (Lipinski definition) is 9. The quantitative estimate of drug-likeness (QED) is 0.288. The zero-order chi connectivity index (χ0) is 24.6. The third kappa shape index (κ3) is 6.21. The molecule has 0 unspecified atom stereocenters. The van der Waals surface area contributed by atoms with Gasteiger partial charge in [-0.1, -0.05) is 23.9 Å². The van der Waals surface area contributed by atoms with E-state index in [1.165, 1.54) is 25.2 Å². The normalized spacial score (nSPS) is 13.3. The Balaban J connectivity index is 1.29. The molecule has 0 saturated carbocycles. The van der Waals surface area contributed by atoms with Gasteiger partial charge in [0, 0.05) is 37.9 Å². The Labute approximate surface area is 208 Å². The average molecular weight is 494 g/mol. The SMILES string of the molecule is COC(=O)c1ccc(NC(=O)CSc2cc(N3CCN(c4ccccc4OC)CC3)ncn2)cc1. The van der Waals surface area contributed by atoms with Crippen molar-refractivity contribution in [3.8, 4) is 5.75 Å². The van der Waals surface area contributed by atoms with E-state index in [0.29, 0.717) is 11.3 Å². The van der Waals surface area contributed by atoms with Gasteiger partial charge >= 0.3 is 5.97 Å². The molecule has 0 atom stereocenters. The van der Waals surface area contributed by atoms with Crippen LogP contribution in [0.3, 0.4) is 0 Å². The highest BCUT2D eigenvalue weighted by Crippen LogP contribution is 2.29. The molecule has 0 bridgehead atoms. The fourth-order valence-electron chi connectivity index (χ4n) is 3.79. The van der Waals surface area contributed by atoms with E-state index in [-0.39, 0.29) is 11.7 Å². The summed E-state index contributed by atoms with van der Waals surface area (Å²) in [6.07, 6.45) is 1.54. The second-order valence-electron chi connectivity index (χ2n) is 7.77. The van der Waals surface area contributed by atoms with E-state index in [4.69, 9.17) is 4.74 Å². The van der Waals surface area contributed by atoms with Crippen LogP contribution in [0, 0.1) is 0 Å². The van der Waals surface area contributed by atoms with Crippen molar-refractivity contribution < 1.29 is 19.1 Å². The van der Waals surface area contributed by atoms with Crippen molar-refractivity contribution in [3.63, 3.8) is 0 Å². The van der Waals surface area contributed by atoms with E-state index >= 15 is 0 Å². The molecule has 1 amide bonds. The summed E-state index contributed by atoms with van der Waals surface area (Å²) in [5.74, 6) is 1.35. The summed E-state index contributed by atoms with van der Waals surface area (Å²) < 4.78 is 10.2. The molecule has 4 rings (SSSR count). The maximum absolute atomic E-state index is 12.4. The number of piperazine rings is 1. The van der Waals surface area contributed by atoms with Crippen molar-refractivity contribution >= 4 is 40.8 Å². The number of ether oxygens (including phenoxy) is 2. The van der Waals surface area contributed by atoms with Crippen LogP contribution in [0.5, 0.6) is 5.75 Å². The van der Waals surface area contributed by atoms with Gasteiger partial charge in [0.15, 0.2) is 0 Å². The predicted octanol–water partition coefficient (Wildman–Crippen LogP) is 3.33. The van der Waals surface area contributed by atoms with Gasteiger partial charge in [0.1, 0.15) is 22.9 Å². The topological polar surface area (TPSA) is 96.9 Å². The van der Waals surface area contributed by atoms with Crippen LogP contribution >= 0.6 is 11.8 Å². The molecule has 0 radical (unpaired) electrons. The Morgan fingerprint density at radius 1 is 0.971 bits per heavy atom. The van der Waals surface area contributed by atoms with Crippen LogP contribution in [0.4, 0.5) is 17.2 Å². The van der Waals surface area contributed by atoms with Crippen LogP contribution in [0.1, 0.15) is 10.4 Å². The number of para-hydroxylation sites is 2. The molecule has 1 aromatic heterocycles. The standard InChI is InChI=1S/C25H27N5O4S/c1-33-21-6-4-3-5-20(21)29-11-13-30(14-12-29)22-15-24(27-17-26-22)35-16-23(31)28-19-9-7-18(8-10-19)25(32)34-2/h3-10,15,17H,11-14,16H2,1-2H3,(H,28,31). The van der Waals surface area contributed by atoms with Crippen molar-refractivity contribution in [2.24, 2.45) is 0 Å². The lowest BCUT2D eigenvalue weighted by molar-refractivity contribution is -0.113. The summed E-state index contributed by atoms with van der Waals surface area (Å²) in [6, 6.07) is 16.5. The second-order valence-corrected chi connectivity index (χ2v) is 8.76. The molecule has 9 nitrogen and oxygen atoms in total. The monoisotopic (exact) mass is 493 g/mol. The van der Waals surface area contributed by atoms with Crippen molar-refractivity contribution in [1.82, 2.24) is 9.97 Å². The molecule has 1 aliphatic heterocycles. The number of rotatable bonds is 8. The number of amides is 1. The summed E-state index contributed by atoms with van der Waals surface area (Å²) >= 11 is 1.35. The number of nitrogens with zero attached hydrogens (tertiary/aromatic N) is 4. The highest BCUT2D eigenvalue weighted by Gasteiger charge is 2.21. The van der Waals surface area contributed by atoms with Gasteiger partial charge in [-0.2, -0.15) is 0 Å². The lowest BCUT2D eigenvalue weighted by Crippen LogP contribution is -2.47. The molecule has 3 aromatic rings. The van der Waals surface area contributed by atoms with Crippen LogP contribution in [0.15, 0.2) is 66.0 Å². The lowest BCUT2D eigenvalue weighted by atomic mass is 10.2. The highest BCUT2D eigenvalue weighted by molar-refractivity contribution is 7.99. The molecule has 1 aliphatic rings. The van der Waals surface area contributed by atoms with E-state index in [9.17, 15) is 9.59 Å². The van der Waals surface area contributed by atoms with Gasteiger partial charge in [-0.25, -0.2) is 14.8 Å². The minimum absolute atomic E-state index is 0.161. The number of methoxy groups -OCH3 is 2. The first-order valence-corrected chi connectivity index (χ1v) is 12.1. The number of carbonyl (C=O) groups is 2. The van der Waals surface area contributed by atoms with Gasteiger partial charge < -0.3 is 24.6 Å². The smallest absolute Gasteiger partial charge is 0.337 e. The number of carbonyl (C=O) groups excluding carboxylic acids is 2. The maximum atomic E-state index is 12.4. The van der Waals surface area contributed by atoms with Crippen molar-refractivity contribution in [2.75, 3.05) is 61.3 Å². The molecule has 1 N–H and O–H groups in total. The summed E-state index contributed by atoms with van der Waals surface area (Å²) in [5, 5.41) is 3.56. The zero-order valence-corrected chi connectivity index (χ0v) is 20.5. The molecule has 182 valence electrons. The van der Waals surface area contributed by atoms with Crippen molar-refractivity contribution in [3.05, 3.63) is 66.5 Å². The van der Waals surface area contributed by atoms with E-state index in [1.807, 2.05) is 24.3 Å². The van der Waals surface area contributed by atoms with E-state index in [1.54, 1.807) is 31.4 Å². The van der Waals surface area contributed by atoms with Gasteiger partial charge in [-0.3, -0.25) is 4.79 Å². The lowest BCUT2D eigenvalue weighted by Gasteiger charge is -2.37. The molecular weight excluding hydrogens is 466 g/mol. The number of benzene rings is 2. The van der Waals surface area contributed by atoms with Crippen LogP contribution < -0.4 is 19.9 Å². The van der Waals surface area contributed by atoms with Gasteiger partial charge in [0.05, 0.1) is 31.2 Å². The Morgan fingerprint density at radius 3 is 2.40 bits per heavy atom. The van der Waals surface area contributed by atoms with Crippen LogP contribution in [0.2, 0.25) is 0 Å². The number of anilines is 3. The summed E-state index contributed by atoms with van der Waals surface area (Å²) in [6.45, 7) is 3.34. The van der Waals surface area contributed by atoms with E-state index < -0.39 is 5.97 Å². The average Bonchev–Trinajstić information content (AvgIpc) is 2.92. The minimum atomic E-state index is -0.417. The summed E-state index contributed by atoms with van der Waals surface area (Å²) in [7, 11) is 3.02. The van der Waals surface area contributed by atoms with Crippen molar-refractivity contribution in [1.29, 1.82) is 0 Å². The van der Waals surface area contributed by atoms with Gasteiger partial charge in [-0.15, -0.1) is 0 Å².